The van der Waals surface area contributed by atoms with Crippen LogP contribution in [0.15, 0.2) is 40.9 Å². The van der Waals surface area contributed by atoms with Gasteiger partial charge >= 0.3 is 0 Å². The number of halogens is 1. The van der Waals surface area contributed by atoms with Crippen molar-refractivity contribution in [2.75, 3.05) is 5.32 Å². The molecule has 0 atom stereocenters. The number of aryl methyl sites for hydroxylation is 3. The predicted octanol–water partition coefficient (Wildman–Crippen LogP) is 4.63. The molecule has 1 N–H and O–H groups in total. The molecule has 0 unspecified atom stereocenters. The summed E-state index contributed by atoms with van der Waals surface area (Å²) in [6.45, 7) is 6.06. The normalized spacial score (nSPS) is 10.3. The van der Waals surface area contributed by atoms with E-state index in [1.54, 1.807) is 0 Å². The highest BCUT2D eigenvalue weighted by atomic mass is 79.9. The summed E-state index contributed by atoms with van der Waals surface area (Å²) >= 11 is 3.41. The first-order valence-corrected chi connectivity index (χ1v) is 6.91. The van der Waals surface area contributed by atoms with Crippen molar-refractivity contribution in [2.24, 2.45) is 0 Å². The molecule has 0 saturated carbocycles. The molecular weight excluding hydrogens is 302 g/mol. The molecule has 19 heavy (non-hydrogen) atoms. The van der Waals surface area contributed by atoms with Crippen molar-refractivity contribution in [1.29, 1.82) is 0 Å². The van der Waals surface area contributed by atoms with Gasteiger partial charge in [0, 0.05) is 15.7 Å². The maximum Gasteiger partial charge on any atom is 0.255 e. The van der Waals surface area contributed by atoms with E-state index in [4.69, 9.17) is 0 Å². The van der Waals surface area contributed by atoms with E-state index < -0.39 is 0 Å². The van der Waals surface area contributed by atoms with Gasteiger partial charge in [-0.25, -0.2) is 0 Å². The second kappa shape index (κ2) is 5.57. The summed E-state index contributed by atoms with van der Waals surface area (Å²) in [6.07, 6.45) is 0. The van der Waals surface area contributed by atoms with Crippen molar-refractivity contribution in [3.63, 3.8) is 0 Å². The van der Waals surface area contributed by atoms with Crippen LogP contribution in [0.2, 0.25) is 0 Å². The molecule has 0 bridgehead atoms. The molecule has 0 heterocycles. The Kier molecular flexibility index (Phi) is 4.05. The van der Waals surface area contributed by atoms with Crippen LogP contribution < -0.4 is 5.32 Å². The number of nitrogens with one attached hydrogen (secondary N) is 1. The zero-order chi connectivity index (χ0) is 14.0. The fraction of sp³-hybridized carbons (Fsp3) is 0.188. The summed E-state index contributed by atoms with van der Waals surface area (Å²) < 4.78 is 0.915. The summed E-state index contributed by atoms with van der Waals surface area (Å²) in [6, 6.07) is 11.6. The zero-order valence-electron chi connectivity index (χ0n) is 11.3. The molecule has 0 aliphatic carbocycles. The number of benzene rings is 2. The lowest BCUT2D eigenvalue weighted by atomic mass is 10.1. The minimum Gasteiger partial charge on any atom is -0.322 e. The van der Waals surface area contributed by atoms with Crippen molar-refractivity contribution in [3.8, 4) is 0 Å². The van der Waals surface area contributed by atoms with Crippen LogP contribution in [0.4, 0.5) is 5.69 Å². The minimum atomic E-state index is -0.0901. The molecule has 0 saturated heterocycles. The molecule has 3 heteroatoms. The van der Waals surface area contributed by atoms with E-state index in [0.717, 1.165) is 15.7 Å². The SMILES string of the molecule is Cc1cc(Br)cc(C(=O)Nc2ccc(C)c(C)c2)c1. The van der Waals surface area contributed by atoms with Gasteiger partial charge < -0.3 is 5.32 Å². The average Bonchev–Trinajstić information content (AvgIpc) is 2.32. The molecule has 2 nitrogen and oxygen atoms in total. The highest BCUT2D eigenvalue weighted by Crippen LogP contribution is 2.18. The van der Waals surface area contributed by atoms with Crippen LogP contribution in [-0.4, -0.2) is 5.91 Å². The molecular formula is C16H16BrNO. The van der Waals surface area contributed by atoms with E-state index in [1.807, 2.05) is 50.2 Å². The van der Waals surface area contributed by atoms with Gasteiger partial charge in [0.05, 0.1) is 0 Å². The third-order valence-corrected chi connectivity index (χ3v) is 3.53. The van der Waals surface area contributed by atoms with Crippen molar-refractivity contribution in [3.05, 3.63) is 63.1 Å². The fourth-order valence-corrected chi connectivity index (χ4v) is 2.50. The quantitative estimate of drug-likeness (QED) is 0.859. The van der Waals surface area contributed by atoms with Crippen LogP contribution in [0.25, 0.3) is 0 Å². The van der Waals surface area contributed by atoms with Gasteiger partial charge in [-0.3, -0.25) is 4.79 Å². The Morgan fingerprint density at radius 2 is 1.74 bits per heavy atom. The number of amides is 1. The van der Waals surface area contributed by atoms with Crippen LogP contribution in [0.5, 0.6) is 0 Å². The fourth-order valence-electron chi connectivity index (χ4n) is 1.89. The van der Waals surface area contributed by atoms with Gasteiger partial charge in [0.2, 0.25) is 0 Å². The first-order valence-electron chi connectivity index (χ1n) is 6.11. The van der Waals surface area contributed by atoms with Crippen molar-refractivity contribution in [1.82, 2.24) is 0 Å². The molecule has 2 rings (SSSR count). The summed E-state index contributed by atoms with van der Waals surface area (Å²) in [4.78, 5) is 12.2. The van der Waals surface area contributed by atoms with E-state index in [1.165, 1.54) is 11.1 Å². The van der Waals surface area contributed by atoms with E-state index in [2.05, 4.69) is 28.2 Å². The highest BCUT2D eigenvalue weighted by molar-refractivity contribution is 9.10. The second-order valence-corrected chi connectivity index (χ2v) is 5.69. The number of hydrogen-bond donors (Lipinski definition) is 1. The molecule has 2 aromatic rings. The molecule has 1 amide bonds. The largest absolute Gasteiger partial charge is 0.322 e. The van der Waals surface area contributed by atoms with Gasteiger partial charge in [-0.2, -0.15) is 0 Å². The summed E-state index contributed by atoms with van der Waals surface area (Å²) in [5.74, 6) is -0.0901. The van der Waals surface area contributed by atoms with E-state index in [9.17, 15) is 4.79 Å². The van der Waals surface area contributed by atoms with E-state index >= 15 is 0 Å². The second-order valence-electron chi connectivity index (χ2n) is 4.77. The van der Waals surface area contributed by atoms with Crippen LogP contribution in [-0.2, 0) is 0 Å². The van der Waals surface area contributed by atoms with Crippen LogP contribution in [0.1, 0.15) is 27.0 Å². The molecule has 98 valence electrons. The molecule has 0 aliphatic heterocycles. The molecule has 2 aromatic carbocycles. The highest BCUT2D eigenvalue weighted by Gasteiger charge is 2.08. The third kappa shape index (κ3) is 3.44. The topological polar surface area (TPSA) is 29.1 Å². The maximum atomic E-state index is 12.2. The maximum absolute atomic E-state index is 12.2. The monoisotopic (exact) mass is 317 g/mol. The lowest BCUT2D eigenvalue weighted by molar-refractivity contribution is 0.102. The van der Waals surface area contributed by atoms with Crippen LogP contribution in [0.3, 0.4) is 0 Å². The standard InChI is InChI=1S/C16H16BrNO/c1-10-6-13(9-14(17)7-10)16(19)18-15-5-4-11(2)12(3)8-15/h4-9H,1-3H3,(H,18,19). The number of carbonyl (C=O) groups is 1. The summed E-state index contributed by atoms with van der Waals surface area (Å²) in [7, 11) is 0. The van der Waals surface area contributed by atoms with Crippen LogP contribution >= 0.6 is 15.9 Å². The average molecular weight is 318 g/mol. The number of rotatable bonds is 2. The zero-order valence-corrected chi connectivity index (χ0v) is 12.8. The Morgan fingerprint density at radius 1 is 1.00 bits per heavy atom. The molecule has 0 radical (unpaired) electrons. The van der Waals surface area contributed by atoms with Gasteiger partial charge in [-0.05, 0) is 67.8 Å². The molecule has 0 spiro atoms. The van der Waals surface area contributed by atoms with Crippen molar-refractivity contribution >= 4 is 27.5 Å². The van der Waals surface area contributed by atoms with Crippen molar-refractivity contribution in [2.45, 2.75) is 20.8 Å². The lowest BCUT2D eigenvalue weighted by Crippen LogP contribution is -2.12. The van der Waals surface area contributed by atoms with Gasteiger partial charge in [0.1, 0.15) is 0 Å². The molecule has 0 aromatic heterocycles. The lowest BCUT2D eigenvalue weighted by Gasteiger charge is -2.08. The van der Waals surface area contributed by atoms with Gasteiger partial charge in [0.15, 0.2) is 0 Å². The van der Waals surface area contributed by atoms with Gasteiger partial charge in [-0.15, -0.1) is 0 Å². The van der Waals surface area contributed by atoms with E-state index in [-0.39, 0.29) is 5.91 Å². The van der Waals surface area contributed by atoms with Gasteiger partial charge in [-0.1, -0.05) is 22.0 Å². The summed E-state index contributed by atoms with van der Waals surface area (Å²) in [5, 5.41) is 2.92. The molecule has 0 aliphatic rings. The Labute approximate surface area is 122 Å². The minimum absolute atomic E-state index is 0.0901. The number of anilines is 1. The number of hydrogen-bond acceptors (Lipinski definition) is 1. The summed E-state index contributed by atoms with van der Waals surface area (Å²) in [5.41, 5.74) is 4.93. The van der Waals surface area contributed by atoms with Gasteiger partial charge in [0.25, 0.3) is 5.91 Å². The Balaban J connectivity index is 2.22. The first kappa shape index (κ1) is 13.8. The predicted molar refractivity (Wildman–Crippen MR) is 82.7 cm³/mol. The molecule has 0 fully saturated rings. The van der Waals surface area contributed by atoms with Crippen LogP contribution in [0, 0.1) is 20.8 Å². The number of carbonyl (C=O) groups excluding carboxylic acids is 1. The smallest absolute Gasteiger partial charge is 0.255 e. The first-order chi connectivity index (χ1) is 8.95. The Bertz CT molecular complexity index is 614. The Morgan fingerprint density at radius 3 is 2.37 bits per heavy atom. The third-order valence-electron chi connectivity index (χ3n) is 3.07. The van der Waals surface area contributed by atoms with Crippen molar-refractivity contribution < 1.29 is 4.79 Å². The Hall–Kier alpha value is -1.61. The van der Waals surface area contributed by atoms with E-state index in [0.29, 0.717) is 5.56 Å².